The fourth-order valence-electron chi connectivity index (χ4n) is 2.05. The van der Waals surface area contributed by atoms with Gasteiger partial charge in [-0.1, -0.05) is 6.07 Å². The molecule has 0 amide bonds. The summed E-state index contributed by atoms with van der Waals surface area (Å²) in [5.74, 6) is 1.56. The van der Waals surface area contributed by atoms with Crippen LogP contribution in [0.15, 0.2) is 53.8 Å². The molecule has 0 aliphatic rings. The molecule has 1 heterocycles. The molecule has 7 heteroatoms. The molecule has 1 unspecified atom stereocenters. The molecule has 1 aromatic carbocycles. The molecule has 0 fully saturated rings. The number of ether oxygens (including phenoxy) is 2. The molecule has 6 nitrogen and oxygen atoms in total. The molecule has 0 aliphatic heterocycles. The van der Waals surface area contributed by atoms with Crippen molar-refractivity contribution in [2.45, 2.75) is 13.0 Å². The van der Waals surface area contributed by atoms with Crippen LogP contribution in [0.5, 0.6) is 11.5 Å². The van der Waals surface area contributed by atoms with E-state index in [1.165, 1.54) is 12.1 Å². The molecule has 1 atom stereocenters. The number of hydrogen-bond donors (Lipinski definition) is 2. The smallest absolute Gasteiger partial charge is 0.191 e. The first kappa shape index (κ1) is 18.5. The fraction of sp³-hybridized carbons (Fsp3) is 0.333. The van der Waals surface area contributed by atoms with Gasteiger partial charge in [0.05, 0.1) is 19.3 Å². The quantitative estimate of drug-likeness (QED) is 0.436. The molecule has 25 heavy (non-hydrogen) atoms. The lowest BCUT2D eigenvalue weighted by Gasteiger charge is -2.18. The zero-order valence-corrected chi connectivity index (χ0v) is 14.4. The molecule has 1 aromatic heterocycles. The Kier molecular flexibility index (Phi) is 7.49. The van der Waals surface area contributed by atoms with Gasteiger partial charge in [0.1, 0.15) is 30.0 Å². The molecule has 0 bridgehead atoms. The number of aromatic nitrogens is 1. The number of nitrogens with one attached hydrogen (secondary N) is 2. The minimum atomic E-state index is -0.316. The second kappa shape index (κ2) is 10.1. The molecule has 0 radical (unpaired) electrons. The Balaban J connectivity index is 1.65. The topological polar surface area (TPSA) is 67.8 Å². The average molecular weight is 346 g/mol. The van der Waals surface area contributed by atoms with Gasteiger partial charge < -0.3 is 20.1 Å². The van der Waals surface area contributed by atoms with Crippen molar-refractivity contribution in [2.24, 2.45) is 4.99 Å². The van der Waals surface area contributed by atoms with Gasteiger partial charge in [-0.05, 0) is 31.2 Å². The molecular formula is C18H23FN4O2. The first-order valence-corrected chi connectivity index (χ1v) is 8.07. The Morgan fingerprint density at radius 1 is 1.24 bits per heavy atom. The van der Waals surface area contributed by atoms with Crippen molar-refractivity contribution in [1.29, 1.82) is 0 Å². The van der Waals surface area contributed by atoms with E-state index in [9.17, 15) is 4.39 Å². The van der Waals surface area contributed by atoms with Crippen molar-refractivity contribution in [3.63, 3.8) is 0 Å². The van der Waals surface area contributed by atoms with Crippen LogP contribution in [0.3, 0.4) is 0 Å². The van der Waals surface area contributed by atoms with Gasteiger partial charge in [-0.15, -0.1) is 0 Å². The summed E-state index contributed by atoms with van der Waals surface area (Å²) in [5.41, 5.74) is 0. The zero-order valence-electron chi connectivity index (χ0n) is 14.4. The van der Waals surface area contributed by atoms with Gasteiger partial charge in [0.2, 0.25) is 0 Å². The van der Waals surface area contributed by atoms with Gasteiger partial charge in [0.25, 0.3) is 0 Å². The first-order valence-electron chi connectivity index (χ1n) is 8.07. The van der Waals surface area contributed by atoms with E-state index in [2.05, 4.69) is 20.6 Å². The molecule has 0 spiro atoms. The van der Waals surface area contributed by atoms with Crippen molar-refractivity contribution < 1.29 is 13.9 Å². The van der Waals surface area contributed by atoms with Gasteiger partial charge in [0.15, 0.2) is 5.96 Å². The summed E-state index contributed by atoms with van der Waals surface area (Å²) in [6.45, 7) is 3.51. The molecule has 134 valence electrons. The van der Waals surface area contributed by atoms with Crippen molar-refractivity contribution in [3.05, 3.63) is 54.6 Å². The largest absolute Gasteiger partial charge is 0.490 e. The lowest BCUT2D eigenvalue weighted by molar-refractivity contribution is 0.223. The SMILES string of the molecule is CN=C(NCCOc1cccnc1)NCC(C)Oc1cccc(F)c1. The Hall–Kier alpha value is -2.83. The normalized spacial score (nSPS) is 12.4. The average Bonchev–Trinajstić information content (AvgIpc) is 2.62. The van der Waals surface area contributed by atoms with Gasteiger partial charge in [-0.3, -0.25) is 9.98 Å². The highest BCUT2D eigenvalue weighted by Crippen LogP contribution is 2.13. The van der Waals surface area contributed by atoms with Gasteiger partial charge in [-0.25, -0.2) is 4.39 Å². The van der Waals surface area contributed by atoms with E-state index in [4.69, 9.17) is 9.47 Å². The van der Waals surface area contributed by atoms with E-state index in [1.807, 2.05) is 19.1 Å². The summed E-state index contributed by atoms with van der Waals surface area (Å²) in [4.78, 5) is 8.12. The number of rotatable bonds is 8. The number of hydrogen-bond acceptors (Lipinski definition) is 4. The predicted molar refractivity (Wildman–Crippen MR) is 95.6 cm³/mol. The Morgan fingerprint density at radius 2 is 2.08 bits per heavy atom. The highest BCUT2D eigenvalue weighted by atomic mass is 19.1. The van der Waals surface area contributed by atoms with E-state index < -0.39 is 0 Å². The van der Waals surface area contributed by atoms with Crippen LogP contribution in [0.2, 0.25) is 0 Å². The molecule has 2 rings (SSSR count). The summed E-state index contributed by atoms with van der Waals surface area (Å²) < 4.78 is 24.3. The van der Waals surface area contributed by atoms with Crippen molar-refractivity contribution in [2.75, 3.05) is 26.7 Å². The van der Waals surface area contributed by atoms with E-state index in [1.54, 1.807) is 31.6 Å². The maximum atomic E-state index is 13.1. The van der Waals surface area contributed by atoms with Crippen molar-refractivity contribution in [1.82, 2.24) is 15.6 Å². The van der Waals surface area contributed by atoms with Crippen LogP contribution in [0, 0.1) is 5.82 Å². The number of guanidine groups is 1. The third kappa shape index (κ3) is 7.07. The predicted octanol–water partition coefficient (Wildman–Crippen LogP) is 2.23. The number of halogens is 1. The van der Waals surface area contributed by atoms with Crippen LogP contribution in [-0.2, 0) is 0 Å². The lowest BCUT2D eigenvalue weighted by Crippen LogP contribution is -2.43. The summed E-state index contributed by atoms with van der Waals surface area (Å²) in [5, 5.41) is 6.30. The fourth-order valence-corrected chi connectivity index (χ4v) is 2.05. The second-order valence-electron chi connectivity index (χ2n) is 5.30. The minimum Gasteiger partial charge on any atom is -0.490 e. The van der Waals surface area contributed by atoms with Gasteiger partial charge in [0, 0.05) is 19.3 Å². The van der Waals surface area contributed by atoms with E-state index in [0.717, 1.165) is 5.75 Å². The molecule has 0 aliphatic carbocycles. The highest BCUT2D eigenvalue weighted by molar-refractivity contribution is 5.79. The summed E-state index contributed by atoms with van der Waals surface area (Å²) in [6, 6.07) is 9.76. The second-order valence-corrected chi connectivity index (χ2v) is 5.30. The van der Waals surface area contributed by atoms with Crippen LogP contribution >= 0.6 is 0 Å². The van der Waals surface area contributed by atoms with Crippen LogP contribution in [-0.4, -0.2) is 43.8 Å². The molecule has 2 N–H and O–H groups in total. The van der Waals surface area contributed by atoms with Crippen LogP contribution in [0.1, 0.15) is 6.92 Å². The third-order valence-corrected chi connectivity index (χ3v) is 3.21. The summed E-state index contributed by atoms with van der Waals surface area (Å²) >= 11 is 0. The van der Waals surface area contributed by atoms with Crippen LogP contribution in [0.4, 0.5) is 4.39 Å². The maximum absolute atomic E-state index is 13.1. The maximum Gasteiger partial charge on any atom is 0.191 e. The zero-order chi connectivity index (χ0) is 17.9. The van der Waals surface area contributed by atoms with Crippen LogP contribution in [0.25, 0.3) is 0 Å². The number of pyridine rings is 1. The summed E-state index contributed by atoms with van der Waals surface area (Å²) in [6.07, 6.45) is 3.22. The molecule has 0 saturated carbocycles. The van der Waals surface area contributed by atoms with Crippen molar-refractivity contribution >= 4 is 5.96 Å². The lowest BCUT2D eigenvalue weighted by atomic mass is 10.3. The molecule has 0 saturated heterocycles. The third-order valence-electron chi connectivity index (χ3n) is 3.21. The molecule has 2 aromatic rings. The van der Waals surface area contributed by atoms with Crippen molar-refractivity contribution in [3.8, 4) is 11.5 Å². The van der Waals surface area contributed by atoms with Crippen LogP contribution < -0.4 is 20.1 Å². The first-order chi connectivity index (χ1) is 12.2. The minimum absolute atomic E-state index is 0.146. The Morgan fingerprint density at radius 3 is 2.80 bits per heavy atom. The number of aliphatic imine (C=N–C) groups is 1. The number of benzene rings is 1. The van der Waals surface area contributed by atoms with Gasteiger partial charge >= 0.3 is 0 Å². The Labute approximate surface area is 147 Å². The monoisotopic (exact) mass is 346 g/mol. The molecular weight excluding hydrogens is 323 g/mol. The highest BCUT2D eigenvalue weighted by Gasteiger charge is 2.06. The van der Waals surface area contributed by atoms with E-state index >= 15 is 0 Å². The Bertz CT molecular complexity index is 667. The van der Waals surface area contributed by atoms with E-state index in [0.29, 0.717) is 31.4 Å². The standard InChI is InChI=1S/C18H23FN4O2/c1-14(25-16-6-3-5-15(19)11-16)12-23-18(20-2)22-9-10-24-17-7-4-8-21-13-17/h3-8,11,13-14H,9-10,12H2,1-2H3,(H2,20,22,23). The van der Waals surface area contributed by atoms with Gasteiger partial charge in [-0.2, -0.15) is 0 Å². The number of nitrogens with zero attached hydrogens (tertiary/aromatic N) is 2. The summed E-state index contributed by atoms with van der Waals surface area (Å²) in [7, 11) is 1.69. The van der Waals surface area contributed by atoms with E-state index in [-0.39, 0.29) is 11.9 Å².